The second kappa shape index (κ2) is 8.08. The number of likely N-dealkylation sites (N-methyl/N-ethyl adjacent to an activating group) is 1. The van der Waals surface area contributed by atoms with E-state index in [0.29, 0.717) is 12.0 Å². The van der Waals surface area contributed by atoms with Crippen LogP contribution >= 0.6 is 0 Å². The topological polar surface area (TPSA) is 21.3 Å². The Bertz CT molecular complexity index is 166. The minimum atomic E-state index is 0.580. The summed E-state index contributed by atoms with van der Waals surface area (Å²) in [6, 6.07) is 0.580. The zero-order chi connectivity index (χ0) is 11.8. The van der Waals surface area contributed by atoms with Crippen LogP contribution in [0.15, 0.2) is 0 Å². The van der Waals surface area contributed by atoms with E-state index in [0.717, 1.165) is 19.1 Å². The predicted molar refractivity (Wildman–Crippen MR) is 69.7 cm³/mol. The molecule has 0 aromatic rings. The van der Waals surface area contributed by atoms with Crippen LogP contribution in [-0.4, -0.2) is 26.3 Å². The molecule has 1 aliphatic carbocycles. The molecule has 2 nitrogen and oxygen atoms in total. The quantitative estimate of drug-likeness (QED) is 0.687. The molecule has 0 aromatic heterocycles. The predicted octanol–water partition coefficient (Wildman–Crippen LogP) is 3.22. The van der Waals surface area contributed by atoms with E-state index in [-0.39, 0.29) is 0 Å². The molecule has 1 N–H and O–H groups in total. The molecule has 2 atom stereocenters. The molecule has 2 unspecified atom stereocenters. The van der Waals surface area contributed by atoms with E-state index in [1.165, 1.54) is 38.5 Å². The molecular formula is C14H29NO. The van der Waals surface area contributed by atoms with Crippen molar-refractivity contribution in [1.29, 1.82) is 0 Å². The maximum absolute atomic E-state index is 5.85. The smallest absolute Gasteiger partial charge is 0.0622 e. The summed E-state index contributed by atoms with van der Waals surface area (Å²) in [7, 11) is 2.07. The minimum Gasteiger partial charge on any atom is -0.380 e. The van der Waals surface area contributed by atoms with Gasteiger partial charge in [-0.2, -0.15) is 0 Å². The van der Waals surface area contributed by atoms with Crippen LogP contribution in [0.25, 0.3) is 0 Å². The van der Waals surface area contributed by atoms with E-state index in [4.69, 9.17) is 4.74 Å². The van der Waals surface area contributed by atoms with Crippen LogP contribution in [-0.2, 0) is 4.74 Å². The van der Waals surface area contributed by atoms with E-state index < -0.39 is 0 Å². The minimum absolute atomic E-state index is 0.580. The lowest BCUT2D eigenvalue weighted by Gasteiger charge is -2.23. The molecule has 0 heterocycles. The highest BCUT2D eigenvalue weighted by Crippen LogP contribution is 2.27. The molecule has 0 spiro atoms. The van der Waals surface area contributed by atoms with Gasteiger partial charge in [0.2, 0.25) is 0 Å². The van der Waals surface area contributed by atoms with Gasteiger partial charge in [-0.25, -0.2) is 0 Å². The fraction of sp³-hybridized carbons (Fsp3) is 1.00. The number of hydrogen-bond donors (Lipinski definition) is 1. The lowest BCUT2D eigenvalue weighted by atomic mass is 9.99. The van der Waals surface area contributed by atoms with Gasteiger partial charge in [-0.15, -0.1) is 0 Å². The normalized spacial score (nSPS) is 21.2. The third kappa shape index (κ3) is 4.84. The molecule has 0 bridgehead atoms. The lowest BCUT2D eigenvalue weighted by Crippen LogP contribution is -2.37. The van der Waals surface area contributed by atoms with Crippen molar-refractivity contribution >= 4 is 0 Å². The van der Waals surface area contributed by atoms with Gasteiger partial charge in [0, 0.05) is 12.6 Å². The molecule has 1 saturated carbocycles. The third-order valence-corrected chi connectivity index (χ3v) is 3.82. The second-order valence-corrected chi connectivity index (χ2v) is 5.37. The molecule has 16 heavy (non-hydrogen) atoms. The molecule has 1 rings (SSSR count). The van der Waals surface area contributed by atoms with Gasteiger partial charge in [-0.1, -0.05) is 33.1 Å². The number of nitrogens with one attached hydrogen (secondary N) is 1. The van der Waals surface area contributed by atoms with Crippen LogP contribution in [0, 0.1) is 11.8 Å². The first kappa shape index (κ1) is 14.0. The Labute approximate surface area is 101 Å². The lowest BCUT2D eigenvalue weighted by molar-refractivity contribution is 0.0715. The van der Waals surface area contributed by atoms with Gasteiger partial charge >= 0.3 is 0 Å². The Morgan fingerprint density at radius 1 is 1.25 bits per heavy atom. The maximum atomic E-state index is 5.85. The standard InChI is InChI=1S/C14H29NO/c1-4-7-12(2)10-16-11-14(15-3)13-8-5-6-9-13/h12-15H,4-11H2,1-3H3. The van der Waals surface area contributed by atoms with Gasteiger partial charge in [-0.3, -0.25) is 0 Å². The zero-order valence-corrected chi connectivity index (χ0v) is 11.3. The summed E-state index contributed by atoms with van der Waals surface area (Å²) in [6.45, 7) is 6.35. The van der Waals surface area contributed by atoms with E-state index in [1.807, 2.05) is 0 Å². The first-order chi connectivity index (χ1) is 7.77. The van der Waals surface area contributed by atoms with Gasteiger partial charge in [-0.05, 0) is 38.1 Å². The monoisotopic (exact) mass is 227 g/mol. The van der Waals surface area contributed by atoms with Crippen LogP contribution in [0.3, 0.4) is 0 Å². The molecule has 0 aromatic carbocycles. The van der Waals surface area contributed by atoms with E-state index in [2.05, 4.69) is 26.2 Å². The van der Waals surface area contributed by atoms with Gasteiger partial charge < -0.3 is 10.1 Å². The van der Waals surface area contributed by atoms with Crippen molar-refractivity contribution in [2.75, 3.05) is 20.3 Å². The van der Waals surface area contributed by atoms with Crippen LogP contribution in [0.2, 0.25) is 0 Å². The Balaban J connectivity index is 2.13. The molecule has 0 radical (unpaired) electrons. The Hall–Kier alpha value is -0.0800. The summed E-state index contributed by atoms with van der Waals surface area (Å²) in [5, 5.41) is 3.42. The van der Waals surface area contributed by atoms with Crippen molar-refractivity contribution in [2.45, 2.75) is 58.4 Å². The molecule has 0 saturated heterocycles. The van der Waals surface area contributed by atoms with E-state index in [1.54, 1.807) is 0 Å². The highest BCUT2D eigenvalue weighted by atomic mass is 16.5. The molecule has 1 aliphatic rings. The van der Waals surface area contributed by atoms with Crippen molar-refractivity contribution in [2.24, 2.45) is 11.8 Å². The Morgan fingerprint density at radius 3 is 2.50 bits per heavy atom. The zero-order valence-electron chi connectivity index (χ0n) is 11.3. The first-order valence-electron chi connectivity index (χ1n) is 7.03. The molecular weight excluding hydrogens is 198 g/mol. The number of ether oxygens (including phenoxy) is 1. The van der Waals surface area contributed by atoms with Crippen LogP contribution < -0.4 is 5.32 Å². The van der Waals surface area contributed by atoms with Crippen molar-refractivity contribution in [3.05, 3.63) is 0 Å². The summed E-state index contributed by atoms with van der Waals surface area (Å²) in [4.78, 5) is 0. The van der Waals surface area contributed by atoms with Gasteiger partial charge in [0.05, 0.1) is 6.61 Å². The van der Waals surface area contributed by atoms with E-state index in [9.17, 15) is 0 Å². The number of rotatable bonds is 8. The highest BCUT2D eigenvalue weighted by Gasteiger charge is 2.23. The number of hydrogen-bond acceptors (Lipinski definition) is 2. The Morgan fingerprint density at radius 2 is 1.94 bits per heavy atom. The maximum Gasteiger partial charge on any atom is 0.0622 e. The average molecular weight is 227 g/mol. The molecule has 0 aliphatic heterocycles. The Kier molecular flexibility index (Phi) is 7.06. The van der Waals surface area contributed by atoms with Gasteiger partial charge in [0.1, 0.15) is 0 Å². The third-order valence-electron chi connectivity index (χ3n) is 3.82. The largest absolute Gasteiger partial charge is 0.380 e. The van der Waals surface area contributed by atoms with Gasteiger partial charge in [0.15, 0.2) is 0 Å². The molecule has 1 fully saturated rings. The molecule has 96 valence electrons. The molecule has 0 amide bonds. The van der Waals surface area contributed by atoms with Crippen LogP contribution in [0.4, 0.5) is 0 Å². The van der Waals surface area contributed by atoms with Crippen molar-refractivity contribution in [3.8, 4) is 0 Å². The summed E-state index contributed by atoms with van der Waals surface area (Å²) in [6.07, 6.45) is 8.15. The van der Waals surface area contributed by atoms with Crippen molar-refractivity contribution in [1.82, 2.24) is 5.32 Å². The van der Waals surface area contributed by atoms with Crippen LogP contribution in [0.5, 0.6) is 0 Å². The van der Waals surface area contributed by atoms with E-state index >= 15 is 0 Å². The fourth-order valence-electron chi connectivity index (χ4n) is 2.79. The summed E-state index contributed by atoms with van der Waals surface area (Å²) in [5.41, 5.74) is 0. The summed E-state index contributed by atoms with van der Waals surface area (Å²) < 4.78 is 5.85. The molecule has 2 heteroatoms. The van der Waals surface area contributed by atoms with Crippen molar-refractivity contribution in [3.63, 3.8) is 0 Å². The van der Waals surface area contributed by atoms with Gasteiger partial charge in [0.25, 0.3) is 0 Å². The SMILES string of the molecule is CCCC(C)COCC(NC)C1CCCC1. The average Bonchev–Trinajstić information content (AvgIpc) is 2.78. The van der Waals surface area contributed by atoms with Crippen molar-refractivity contribution < 1.29 is 4.74 Å². The summed E-state index contributed by atoms with van der Waals surface area (Å²) >= 11 is 0. The highest BCUT2D eigenvalue weighted by molar-refractivity contribution is 4.79. The first-order valence-corrected chi connectivity index (χ1v) is 7.03. The van der Waals surface area contributed by atoms with Crippen LogP contribution in [0.1, 0.15) is 52.4 Å². The fourth-order valence-corrected chi connectivity index (χ4v) is 2.79. The second-order valence-electron chi connectivity index (χ2n) is 5.37. The summed E-state index contributed by atoms with van der Waals surface area (Å²) in [5.74, 6) is 1.57.